The van der Waals surface area contributed by atoms with Crippen molar-refractivity contribution >= 4 is 0 Å². The molecule has 0 bridgehead atoms. The normalized spacial score (nSPS) is 10.9. The van der Waals surface area contributed by atoms with Crippen molar-refractivity contribution in [1.82, 2.24) is 25.1 Å². The van der Waals surface area contributed by atoms with Crippen LogP contribution in [0.5, 0.6) is 0 Å². The zero-order valence-electron chi connectivity index (χ0n) is 11.5. The van der Waals surface area contributed by atoms with Crippen LogP contribution in [0.3, 0.4) is 0 Å². The van der Waals surface area contributed by atoms with Crippen molar-refractivity contribution in [2.45, 2.75) is 6.54 Å². The van der Waals surface area contributed by atoms with Gasteiger partial charge in [0.15, 0.2) is 11.5 Å². The topological polar surface area (TPSA) is 82.8 Å². The van der Waals surface area contributed by atoms with E-state index in [0.717, 1.165) is 5.56 Å². The second-order valence-electron chi connectivity index (χ2n) is 4.69. The van der Waals surface area contributed by atoms with Crippen molar-refractivity contribution in [1.29, 1.82) is 0 Å². The van der Waals surface area contributed by atoms with Gasteiger partial charge in [-0.2, -0.15) is 4.98 Å². The van der Waals surface area contributed by atoms with Crippen molar-refractivity contribution in [3.63, 3.8) is 0 Å². The summed E-state index contributed by atoms with van der Waals surface area (Å²) in [6, 6.07) is 13.5. The fourth-order valence-electron chi connectivity index (χ4n) is 2.08. The van der Waals surface area contributed by atoms with Crippen molar-refractivity contribution in [3.8, 4) is 23.2 Å². The van der Waals surface area contributed by atoms with E-state index in [0.29, 0.717) is 29.7 Å². The third kappa shape index (κ3) is 2.39. The number of benzene rings is 1. The van der Waals surface area contributed by atoms with Gasteiger partial charge in [0, 0.05) is 0 Å². The van der Waals surface area contributed by atoms with Crippen LogP contribution in [-0.2, 0) is 6.54 Å². The molecule has 0 amide bonds. The van der Waals surface area contributed by atoms with Gasteiger partial charge in [0.25, 0.3) is 5.89 Å². The van der Waals surface area contributed by atoms with Crippen molar-refractivity contribution < 1.29 is 8.94 Å². The van der Waals surface area contributed by atoms with Gasteiger partial charge in [-0.25, -0.2) is 4.68 Å². The Labute approximate surface area is 125 Å². The maximum Gasteiger partial charge on any atom is 0.293 e. The molecule has 7 heteroatoms. The van der Waals surface area contributed by atoms with E-state index in [4.69, 9.17) is 8.94 Å². The summed E-state index contributed by atoms with van der Waals surface area (Å²) < 4.78 is 12.1. The molecule has 0 aliphatic rings. The van der Waals surface area contributed by atoms with Crippen LogP contribution < -0.4 is 0 Å². The Morgan fingerprint density at radius 2 is 1.95 bits per heavy atom. The molecule has 0 N–H and O–H groups in total. The first-order chi connectivity index (χ1) is 10.9. The first-order valence-electron chi connectivity index (χ1n) is 6.70. The molecule has 7 nitrogen and oxygen atoms in total. The molecule has 0 atom stereocenters. The summed E-state index contributed by atoms with van der Waals surface area (Å²) in [5, 5.41) is 12.1. The predicted octanol–water partition coefficient (Wildman–Crippen LogP) is 2.64. The Morgan fingerprint density at radius 3 is 2.77 bits per heavy atom. The second kappa shape index (κ2) is 5.28. The van der Waals surface area contributed by atoms with E-state index in [-0.39, 0.29) is 0 Å². The zero-order valence-corrected chi connectivity index (χ0v) is 11.5. The first-order valence-corrected chi connectivity index (χ1v) is 6.70. The van der Waals surface area contributed by atoms with E-state index < -0.39 is 0 Å². The van der Waals surface area contributed by atoms with Crippen LogP contribution in [0, 0.1) is 0 Å². The van der Waals surface area contributed by atoms with Gasteiger partial charge < -0.3 is 8.94 Å². The van der Waals surface area contributed by atoms with Gasteiger partial charge in [-0.15, -0.1) is 5.10 Å². The molecule has 4 aromatic rings. The lowest BCUT2D eigenvalue weighted by molar-refractivity contribution is 0.416. The highest BCUT2D eigenvalue weighted by molar-refractivity contribution is 5.51. The van der Waals surface area contributed by atoms with Gasteiger partial charge in [-0.3, -0.25) is 0 Å². The first kappa shape index (κ1) is 12.5. The third-order valence-electron chi connectivity index (χ3n) is 3.11. The summed E-state index contributed by atoms with van der Waals surface area (Å²) in [4.78, 5) is 4.26. The van der Waals surface area contributed by atoms with Crippen molar-refractivity contribution in [2.75, 3.05) is 0 Å². The third-order valence-corrected chi connectivity index (χ3v) is 3.11. The minimum absolute atomic E-state index is 0.317. The molecule has 0 unspecified atom stereocenters. The highest BCUT2D eigenvalue weighted by Crippen LogP contribution is 2.21. The Balaban J connectivity index is 1.57. The zero-order chi connectivity index (χ0) is 14.8. The summed E-state index contributed by atoms with van der Waals surface area (Å²) in [5.41, 5.74) is 1.70. The van der Waals surface area contributed by atoms with E-state index in [1.54, 1.807) is 29.3 Å². The molecule has 1 aromatic carbocycles. The minimum Gasteiger partial charge on any atom is -0.459 e. The predicted molar refractivity (Wildman–Crippen MR) is 76.6 cm³/mol. The second-order valence-corrected chi connectivity index (χ2v) is 4.69. The van der Waals surface area contributed by atoms with Gasteiger partial charge in [-0.05, 0) is 17.7 Å². The largest absolute Gasteiger partial charge is 0.459 e. The van der Waals surface area contributed by atoms with Crippen LogP contribution in [-0.4, -0.2) is 25.1 Å². The average Bonchev–Trinajstić information content (AvgIpc) is 3.29. The lowest BCUT2D eigenvalue weighted by Gasteiger charge is -1.98. The van der Waals surface area contributed by atoms with Crippen LogP contribution in [0.15, 0.2) is 63.9 Å². The summed E-state index contributed by atoms with van der Waals surface area (Å²) in [7, 11) is 0. The number of furan rings is 1. The fourth-order valence-corrected chi connectivity index (χ4v) is 2.08. The number of rotatable bonds is 4. The van der Waals surface area contributed by atoms with Gasteiger partial charge in [0.05, 0.1) is 19.0 Å². The highest BCUT2D eigenvalue weighted by Gasteiger charge is 2.15. The number of nitrogens with zero attached hydrogens (tertiary/aromatic N) is 5. The SMILES string of the molecule is c1ccc(Cn2cc(-c3noc(-c4ccco4)n3)nn2)cc1. The molecule has 0 saturated heterocycles. The molecule has 0 spiro atoms. The average molecular weight is 293 g/mol. The molecule has 0 saturated carbocycles. The van der Waals surface area contributed by atoms with Crippen LogP contribution in [0.25, 0.3) is 23.2 Å². The van der Waals surface area contributed by atoms with Crippen LogP contribution >= 0.6 is 0 Å². The molecule has 0 radical (unpaired) electrons. The number of hydrogen-bond donors (Lipinski definition) is 0. The molecule has 0 fully saturated rings. The Hall–Kier alpha value is -3.22. The van der Waals surface area contributed by atoms with E-state index in [1.165, 1.54) is 0 Å². The Morgan fingerprint density at radius 1 is 1.05 bits per heavy atom. The molecule has 0 aliphatic heterocycles. The summed E-state index contributed by atoms with van der Waals surface area (Å²) in [6.45, 7) is 0.636. The smallest absolute Gasteiger partial charge is 0.293 e. The van der Waals surface area contributed by atoms with E-state index >= 15 is 0 Å². The van der Waals surface area contributed by atoms with Crippen molar-refractivity contribution in [2.24, 2.45) is 0 Å². The standard InChI is InChI=1S/C15H11N5O2/c1-2-5-11(6-3-1)9-20-10-12(17-19-20)14-16-15(22-18-14)13-7-4-8-21-13/h1-8,10H,9H2. The Bertz CT molecular complexity index is 864. The number of aromatic nitrogens is 5. The molecule has 0 aliphatic carbocycles. The molecule has 108 valence electrons. The molecule has 3 heterocycles. The van der Waals surface area contributed by atoms with E-state index in [1.807, 2.05) is 30.3 Å². The lowest BCUT2D eigenvalue weighted by atomic mass is 10.2. The quantitative estimate of drug-likeness (QED) is 0.575. The monoisotopic (exact) mass is 293 g/mol. The molecule has 4 rings (SSSR count). The maximum atomic E-state index is 5.22. The molecular formula is C15H11N5O2. The fraction of sp³-hybridized carbons (Fsp3) is 0.0667. The number of hydrogen-bond acceptors (Lipinski definition) is 6. The van der Waals surface area contributed by atoms with E-state index in [9.17, 15) is 0 Å². The van der Waals surface area contributed by atoms with Crippen LogP contribution in [0.1, 0.15) is 5.56 Å². The van der Waals surface area contributed by atoms with Crippen molar-refractivity contribution in [3.05, 3.63) is 60.5 Å². The summed E-state index contributed by atoms with van der Waals surface area (Å²) in [5.74, 6) is 1.22. The highest BCUT2D eigenvalue weighted by atomic mass is 16.5. The molecular weight excluding hydrogens is 282 g/mol. The van der Waals surface area contributed by atoms with Crippen LogP contribution in [0.4, 0.5) is 0 Å². The summed E-state index contributed by atoms with van der Waals surface area (Å²) >= 11 is 0. The lowest BCUT2D eigenvalue weighted by Crippen LogP contribution is -1.99. The van der Waals surface area contributed by atoms with Gasteiger partial charge in [0.1, 0.15) is 0 Å². The van der Waals surface area contributed by atoms with Gasteiger partial charge >= 0.3 is 0 Å². The summed E-state index contributed by atoms with van der Waals surface area (Å²) in [6.07, 6.45) is 3.33. The Kier molecular flexibility index (Phi) is 3.01. The van der Waals surface area contributed by atoms with Gasteiger partial charge in [-0.1, -0.05) is 40.7 Å². The molecule has 3 aromatic heterocycles. The van der Waals surface area contributed by atoms with Crippen LogP contribution in [0.2, 0.25) is 0 Å². The maximum absolute atomic E-state index is 5.22. The van der Waals surface area contributed by atoms with Gasteiger partial charge in [0.2, 0.25) is 5.82 Å². The molecule has 22 heavy (non-hydrogen) atoms. The van der Waals surface area contributed by atoms with E-state index in [2.05, 4.69) is 20.5 Å². The minimum atomic E-state index is 0.317.